The monoisotopic (exact) mass is 213 g/mol. The number of hydrogen-bond acceptors (Lipinski definition) is 1. The van der Waals surface area contributed by atoms with Crippen LogP contribution in [0.2, 0.25) is 10.0 Å². The van der Waals surface area contributed by atoms with Crippen molar-refractivity contribution in [3.05, 3.63) is 33.8 Å². The number of hydrogen-bond donors (Lipinski definition) is 1. The molecule has 0 aromatic heterocycles. The zero-order chi connectivity index (χ0) is 9.68. The molecule has 13 heavy (non-hydrogen) atoms. The van der Waals surface area contributed by atoms with E-state index in [2.05, 4.69) is 11.2 Å². The van der Waals surface area contributed by atoms with Crippen LogP contribution in [-0.4, -0.2) is 6.54 Å². The fourth-order valence-corrected chi connectivity index (χ4v) is 1.41. The first-order chi connectivity index (χ1) is 6.24. The van der Waals surface area contributed by atoms with Crippen LogP contribution in [0.25, 0.3) is 0 Å². The topological polar surface area (TPSA) is 12.0 Å². The minimum Gasteiger partial charge on any atom is -0.302 e. The molecule has 68 valence electrons. The predicted molar refractivity (Wildman–Crippen MR) is 57.0 cm³/mol. The molecule has 0 radical (unpaired) electrons. The Morgan fingerprint density at radius 1 is 1.38 bits per heavy atom. The van der Waals surface area contributed by atoms with Crippen LogP contribution >= 0.6 is 23.2 Å². The Bertz CT molecular complexity index is 328. The summed E-state index contributed by atoms with van der Waals surface area (Å²) in [6.07, 6.45) is 5.09. The highest BCUT2D eigenvalue weighted by molar-refractivity contribution is 6.35. The highest BCUT2D eigenvalue weighted by atomic mass is 35.5. The Labute approximate surface area is 88.0 Å². The molecule has 1 N–H and O–H groups in total. The van der Waals surface area contributed by atoms with Crippen LogP contribution in [0.5, 0.6) is 0 Å². The maximum Gasteiger partial charge on any atom is 0.0576 e. The summed E-state index contributed by atoms with van der Waals surface area (Å²) >= 11 is 11.7. The number of halogens is 2. The first-order valence-electron chi connectivity index (χ1n) is 3.82. The van der Waals surface area contributed by atoms with Gasteiger partial charge in [-0.05, 0) is 17.7 Å². The van der Waals surface area contributed by atoms with Crippen molar-refractivity contribution in [2.45, 2.75) is 6.54 Å². The molecule has 0 atom stereocenters. The largest absolute Gasteiger partial charge is 0.302 e. The molecular weight excluding hydrogens is 205 g/mol. The van der Waals surface area contributed by atoms with Crippen LogP contribution in [0.1, 0.15) is 5.56 Å². The van der Waals surface area contributed by atoms with Crippen molar-refractivity contribution in [2.75, 3.05) is 6.54 Å². The third kappa shape index (κ3) is 3.28. The zero-order valence-electron chi connectivity index (χ0n) is 6.98. The minimum absolute atomic E-state index is 0.541. The molecule has 1 nitrogen and oxygen atoms in total. The molecular formula is C10H9Cl2N. The zero-order valence-corrected chi connectivity index (χ0v) is 8.49. The van der Waals surface area contributed by atoms with Gasteiger partial charge in [0.05, 0.1) is 6.54 Å². The first kappa shape index (κ1) is 10.4. The van der Waals surface area contributed by atoms with Crippen molar-refractivity contribution in [2.24, 2.45) is 0 Å². The molecule has 0 unspecified atom stereocenters. The molecule has 0 heterocycles. The van der Waals surface area contributed by atoms with Crippen molar-refractivity contribution in [3.8, 4) is 12.3 Å². The summed E-state index contributed by atoms with van der Waals surface area (Å²) in [5.74, 6) is 2.49. The second-order valence-corrected chi connectivity index (χ2v) is 3.39. The lowest BCUT2D eigenvalue weighted by atomic mass is 10.2. The molecule has 0 aliphatic rings. The molecule has 0 saturated carbocycles. The number of nitrogens with one attached hydrogen (secondary N) is 1. The van der Waals surface area contributed by atoms with E-state index in [0.717, 1.165) is 5.56 Å². The van der Waals surface area contributed by atoms with E-state index in [1.807, 2.05) is 6.07 Å². The summed E-state index contributed by atoms with van der Waals surface area (Å²) < 4.78 is 0. The van der Waals surface area contributed by atoms with E-state index in [-0.39, 0.29) is 0 Å². The molecule has 0 bridgehead atoms. The van der Waals surface area contributed by atoms with E-state index >= 15 is 0 Å². The van der Waals surface area contributed by atoms with Crippen LogP contribution in [0.4, 0.5) is 0 Å². The number of terminal acetylenes is 1. The second kappa shape index (κ2) is 5.14. The van der Waals surface area contributed by atoms with Gasteiger partial charge in [0, 0.05) is 16.6 Å². The van der Waals surface area contributed by atoms with Gasteiger partial charge in [-0.1, -0.05) is 35.2 Å². The molecule has 0 fully saturated rings. The van der Waals surface area contributed by atoms with Gasteiger partial charge in [-0.25, -0.2) is 0 Å². The Hall–Kier alpha value is -0.680. The van der Waals surface area contributed by atoms with Gasteiger partial charge >= 0.3 is 0 Å². The third-order valence-electron chi connectivity index (χ3n) is 1.56. The summed E-state index contributed by atoms with van der Waals surface area (Å²) in [4.78, 5) is 0. The summed E-state index contributed by atoms with van der Waals surface area (Å²) in [5.41, 5.74) is 1.00. The first-order valence-corrected chi connectivity index (χ1v) is 4.57. The van der Waals surface area contributed by atoms with Gasteiger partial charge in [0.1, 0.15) is 0 Å². The lowest BCUT2D eigenvalue weighted by Gasteiger charge is -2.04. The van der Waals surface area contributed by atoms with Crippen molar-refractivity contribution in [1.29, 1.82) is 0 Å². The van der Waals surface area contributed by atoms with Gasteiger partial charge in [0.15, 0.2) is 0 Å². The molecule has 0 aliphatic heterocycles. The minimum atomic E-state index is 0.541. The number of benzene rings is 1. The third-order valence-corrected chi connectivity index (χ3v) is 2.14. The van der Waals surface area contributed by atoms with E-state index in [4.69, 9.17) is 29.6 Å². The summed E-state index contributed by atoms with van der Waals surface area (Å²) in [7, 11) is 0. The molecule has 0 saturated heterocycles. The fraction of sp³-hybridized carbons (Fsp3) is 0.200. The van der Waals surface area contributed by atoms with E-state index < -0.39 is 0 Å². The SMILES string of the molecule is C#CCNCc1ccc(Cl)cc1Cl. The van der Waals surface area contributed by atoms with E-state index in [0.29, 0.717) is 23.1 Å². The van der Waals surface area contributed by atoms with Crippen LogP contribution in [0.15, 0.2) is 18.2 Å². The maximum absolute atomic E-state index is 5.93. The average molecular weight is 214 g/mol. The lowest BCUT2D eigenvalue weighted by Crippen LogP contribution is -2.13. The van der Waals surface area contributed by atoms with E-state index in [1.165, 1.54) is 0 Å². The maximum atomic E-state index is 5.93. The van der Waals surface area contributed by atoms with Gasteiger partial charge in [0.2, 0.25) is 0 Å². The quantitative estimate of drug-likeness (QED) is 0.602. The van der Waals surface area contributed by atoms with Gasteiger partial charge in [-0.15, -0.1) is 6.42 Å². The van der Waals surface area contributed by atoms with Crippen LogP contribution < -0.4 is 5.32 Å². The Balaban J connectivity index is 2.62. The second-order valence-electron chi connectivity index (χ2n) is 2.54. The lowest BCUT2D eigenvalue weighted by molar-refractivity contribution is 0.770. The van der Waals surface area contributed by atoms with E-state index in [1.54, 1.807) is 12.1 Å². The normalized spacial score (nSPS) is 9.62. The Morgan fingerprint density at radius 2 is 2.15 bits per heavy atom. The van der Waals surface area contributed by atoms with Gasteiger partial charge in [0.25, 0.3) is 0 Å². The van der Waals surface area contributed by atoms with Gasteiger partial charge in [-0.3, -0.25) is 0 Å². The fourth-order valence-electron chi connectivity index (χ4n) is 0.934. The number of rotatable bonds is 3. The summed E-state index contributed by atoms with van der Waals surface area (Å²) in [6.45, 7) is 1.21. The molecule has 1 rings (SSSR count). The summed E-state index contributed by atoms with van der Waals surface area (Å²) in [6, 6.07) is 5.41. The molecule has 3 heteroatoms. The molecule has 1 aromatic rings. The summed E-state index contributed by atoms with van der Waals surface area (Å²) in [5, 5.41) is 4.36. The molecule has 0 amide bonds. The molecule has 1 aromatic carbocycles. The van der Waals surface area contributed by atoms with E-state index in [9.17, 15) is 0 Å². The van der Waals surface area contributed by atoms with Crippen LogP contribution in [-0.2, 0) is 6.54 Å². The molecule has 0 spiro atoms. The van der Waals surface area contributed by atoms with Gasteiger partial charge in [-0.2, -0.15) is 0 Å². The Kier molecular flexibility index (Phi) is 4.11. The van der Waals surface area contributed by atoms with Crippen molar-refractivity contribution >= 4 is 23.2 Å². The standard InChI is InChI=1S/C10H9Cl2N/c1-2-5-13-7-8-3-4-9(11)6-10(8)12/h1,3-4,6,13H,5,7H2. The van der Waals surface area contributed by atoms with Crippen molar-refractivity contribution in [3.63, 3.8) is 0 Å². The van der Waals surface area contributed by atoms with Crippen LogP contribution in [0.3, 0.4) is 0 Å². The highest BCUT2D eigenvalue weighted by Gasteiger charge is 1.99. The highest BCUT2D eigenvalue weighted by Crippen LogP contribution is 2.20. The predicted octanol–water partition coefficient (Wildman–Crippen LogP) is 2.72. The van der Waals surface area contributed by atoms with Crippen molar-refractivity contribution < 1.29 is 0 Å². The Morgan fingerprint density at radius 3 is 2.77 bits per heavy atom. The average Bonchev–Trinajstić information content (AvgIpc) is 2.09. The van der Waals surface area contributed by atoms with Crippen LogP contribution in [0, 0.1) is 12.3 Å². The smallest absolute Gasteiger partial charge is 0.0576 e. The van der Waals surface area contributed by atoms with Crippen molar-refractivity contribution in [1.82, 2.24) is 5.32 Å². The van der Waals surface area contributed by atoms with Gasteiger partial charge < -0.3 is 5.32 Å². The molecule has 0 aliphatic carbocycles.